The molecule has 502 valence electrons. The van der Waals surface area contributed by atoms with Crippen molar-refractivity contribution >= 4 is 125 Å². The fourth-order valence-electron chi connectivity index (χ4n) is 9.92. The lowest BCUT2D eigenvalue weighted by molar-refractivity contribution is -0.137. The number of anilines is 3. The summed E-state index contributed by atoms with van der Waals surface area (Å²) in [6, 6.07) is 3.13. The van der Waals surface area contributed by atoms with Crippen LogP contribution in [0.25, 0.3) is 22.3 Å². The third-order valence-corrected chi connectivity index (χ3v) is 17.8. The highest BCUT2D eigenvalue weighted by atomic mass is 32.7. The highest BCUT2D eigenvalue weighted by Gasteiger charge is 2.55. The van der Waals surface area contributed by atoms with Gasteiger partial charge in [-0.05, 0) is 54.7 Å². The third-order valence-electron chi connectivity index (χ3n) is 14.6. The summed E-state index contributed by atoms with van der Waals surface area (Å²) < 4.78 is 84.6. The van der Waals surface area contributed by atoms with Crippen LogP contribution < -0.4 is 44.0 Å². The number of carbonyl (C=O) groups is 8. The number of H-pyrrole nitrogens is 1. The van der Waals surface area contributed by atoms with Gasteiger partial charge in [-0.1, -0.05) is 38.2 Å². The van der Waals surface area contributed by atoms with Gasteiger partial charge < -0.3 is 76.5 Å². The Hall–Kier alpha value is -8.30. The van der Waals surface area contributed by atoms with E-state index in [4.69, 9.17) is 70.8 Å². The SMILES string of the molecule is CC(C)[C@H](NC(=O)CCN1C(=O)C=CC1=O)C(=O)N[C@@H](CCCCNC(N)=O)C(=O)Nc1ccc(COC(=O)N(C)CCOC(=O)O[C@@H]2[C@@H]3OP(O)(=S)OC[C@H]4O[C@@H](n5cnc6c(N)ncnc65)[C@H](F)[C@@H]4OP(=O)(S)OC[C@H]3O[C@H]2n2cnc3c(=O)[nH]c(N)nc32)cc1. The number of thiol groups is 1. The number of primary amides is 1. The Morgan fingerprint density at radius 2 is 1.57 bits per heavy atom. The number of rotatable bonds is 22. The molecule has 8 heterocycles. The molecule has 12 atom stereocenters. The Bertz CT molecular complexity index is 3830. The molecule has 37 nitrogen and oxygen atoms in total. The highest BCUT2D eigenvalue weighted by Crippen LogP contribution is 2.59. The number of nitrogen functional groups attached to an aromatic ring is 2. The molecular formula is C51H64FN17O20P2S2. The van der Waals surface area contributed by atoms with Gasteiger partial charge in [-0.25, -0.2) is 43.3 Å². The van der Waals surface area contributed by atoms with Gasteiger partial charge in [0.1, 0.15) is 61.6 Å². The van der Waals surface area contributed by atoms with Crippen LogP contribution in [0.5, 0.6) is 0 Å². The number of nitrogens with two attached hydrogens (primary N) is 3. The van der Waals surface area contributed by atoms with E-state index in [1.54, 1.807) is 26.0 Å². The Balaban J connectivity index is 0.805. The summed E-state index contributed by atoms with van der Waals surface area (Å²) in [5, 5.41) is 10.5. The van der Waals surface area contributed by atoms with Gasteiger partial charge in [0.15, 0.2) is 47.4 Å². The second-order valence-corrected chi connectivity index (χ2v) is 27.2. The van der Waals surface area contributed by atoms with Crippen molar-refractivity contribution in [2.75, 3.05) is 63.3 Å². The summed E-state index contributed by atoms with van der Waals surface area (Å²) in [5.74, 6) is -3.89. The van der Waals surface area contributed by atoms with E-state index in [1.165, 1.54) is 30.1 Å². The largest absolute Gasteiger partial charge is 0.508 e. The fraction of sp³-hybridized carbons (Fsp3) is 0.490. The number of imidazole rings is 2. The van der Waals surface area contributed by atoms with Crippen LogP contribution in [-0.4, -0.2) is 197 Å². The minimum atomic E-state index is -4.64. The van der Waals surface area contributed by atoms with Crippen LogP contribution in [-0.2, 0) is 88.7 Å². The molecule has 0 aliphatic carbocycles. The van der Waals surface area contributed by atoms with E-state index in [1.807, 2.05) is 0 Å². The van der Waals surface area contributed by atoms with E-state index in [9.17, 15) is 52.6 Å². The molecule has 9 rings (SSSR count). The van der Waals surface area contributed by atoms with Crippen molar-refractivity contribution in [3.05, 3.63) is 71.3 Å². The number of hydrogen-bond donors (Lipinski definition) is 10. The average Bonchev–Trinajstić information content (AvgIpc) is 1.62. The number of aromatic nitrogens is 8. The molecule has 4 aromatic heterocycles. The van der Waals surface area contributed by atoms with Gasteiger partial charge in [0.25, 0.3) is 17.4 Å². The number of fused-ring (bicyclic) bond motifs is 4. The topological polar surface area (TPSA) is 497 Å². The predicted molar refractivity (Wildman–Crippen MR) is 324 cm³/mol. The van der Waals surface area contributed by atoms with Gasteiger partial charge in [-0.15, -0.1) is 0 Å². The quantitative estimate of drug-likeness (QED) is 0.0151. The van der Waals surface area contributed by atoms with E-state index >= 15 is 4.39 Å². The standard InChI is InChI=1S/C51H64FN17O20P2S2/c1-24(2)34(63-30(70)13-15-67-31(71)11-12-32(67)72)44(74)62-27(6-4-5-14-56-49(55)76)43(73)61-26-9-7-25(8-10-26)18-82-50(77)66(3)16-17-81-51(78)87-39-38-29(86-47(39)69-23-60-36-42(69)64-48(54)65-45(36)75)20-84-90(79,92)88-37-28(19-83-91(80,93)89-38)85-46(33(37)52)68-22-59-35-40(53)57-21-58-41(35)68/h7-12,21-24,27-29,33-34,37-39,46-47H,4-6,13-20H2,1-3H3,(H,61,73)(H,62,74)(H,63,70)(H,79,92)(H,80,93)(H2,53,57,58)(H3,55,56,76)(H3,54,64,65,75)/t27-,28+,29+,33+,34-,37+,38+,39+,46+,47+,90?,91?/m0/s1. The van der Waals surface area contributed by atoms with Crippen molar-refractivity contribution in [3.8, 4) is 0 Å². The number of ether oxygens (including phenoxy) is 5. The number of likely N-dealkylation sites (N-methyl/N-ethyl adjacent to an activating group) is 1. The smallest absolute Gasteiger partial charge is 0.445 e. The first-order valence-corrected chi connectivity index (χ1v) is 33.6. The molecule has 3 fully saturated rings. The summed E-state index contributed by atoms with van der Waals surface area (Å²) in [5.41, 5.74) is 16.7. The number of nitrogens with one attached hydrogen (secondary N) is 5. The Kier molecular flexibility index (Phi) is 22.1. The maximum Gasteiger partial charge on any atom is 0.508 e. The number of nitrogens with zero attached hydrogens (tertiary/aromatic N) is 9. The zero-order valence-corrected chi connectivity index (χ0v) is 52.9. The minimum absolute atomic E-state index is 0.0129. The van der Waals surface area contributed by atoms with Gasteiger partial charge >= 0.3 is 31.8 Å². The lowest BCUT2D eigenvalue weighted by Gasteiger charge is -2.30. The molecule has 42 heteroatoms. The van der Waals surface area contributed by atoms with Gasteiger partial charge in [0.05, 0.1) is 32.4 Å². The number of benzene rings is 1. The summed E-state index contributed by atoms with van der Waals surface area (Å²) in [6.07, 6.45) is -9.75. The predicted octanol–water partition coefficient (Wildman–Crippen LogP) is 0.837. The van der Waals surface area contributed by atoms with E-state index in [2.05, 4.69) is 63.4 Å². The first kappa shape index (κ1) is 69.1. The molecule has 0 saturated carbocycles. The summed E-state index contributed by atoms with van der Waals surface area (Å²) >= 11 is 9.52. The molecule has 1 aromatic carbocycles. The Morgan fingerprint density at radius 3 is 2.28 bits per heavy atom. The van der Waals surface area contributed by atoms with Crippen LogP contribution in [0, 0.1) is 5.92 Å². The maximum absolute atomic E-state index is 16.5. The van der Waals surface area contributed by atoms with Crippen molar-refractivity contribution in [2.45, 2.75) is 107 Å². The molecule has 5 aromatic rings. The van der Waals surface area contributed by atoms with E-state index < -0.39 is 154 Å². The second-order valence-electron chi connectivity index (χ2n) is 21.5. The molecule has 8 amide bonds. The number of unbranched alkanes of at least 4 members (excludes halogenated alkanes) is 1. The lowest BCUT2D eigenvalue weighted by atomic mass is 10.0. The highest BCUT2D eigenvalue weighted by molar-refractivity contribution is 8.44. The van der Waals surface area contributed by atoms with Crippen molar-refractivity contribution in [1.82, 2.24) is 64.8 Å². The number of imide groups is 1. The van der Waals surface area contributed by atoms with Crippen molar-refractivity contribution in [1.29, 1.82) is 0 Å². The molecule has 4 aliphatic heterocycles. The zero-order chi connectivity index (χ0) is 67.1. The molecular weight excluding hydrogens is 1320 g/mol. The fourth-order valence-corrected chi connectivity index (χ4v) is 12.8. The monoisotopic (exact) mass is 1380 g/mol. The van der Waals surface area contributed by atoms with Crippen LogP contribution in [0.1, 0.15) is 57.6 Å². The zero-order valence-electron chi connectivity index (χ0n) is 49.4. The molecule has 2 unspecified atom stereocenters. The Morgan fingerprint density at radius 1 is 0.892 bits per heavy atom. The van der Waals surface area contributed by atoms with E-state index in [-0.39, 0.29) is 78.9 Å². The van der Waals surface area contributed by atoms with Crippen LogP contribution in [0.2, 0.25) is 0 Å². The summed E-state index contributed by atoms with van der Waals surface area (Å²) in [4.78, 5) is 151. The van der Waals surface area contributed by atoms with Gasteiger partial charge in [0.2, 0.25) is 23.7 Å². The molecule has 4 aliphatic rings. The molecule has 12 N–H and O–H groups in total. The van der Waals surface area contributed by atoms with E-state index in [0.29, 0.717) is 18.4 Å². The first-order valence-electron chi connectivity index (χ1n) is 28.3. The number of hydrogen-bond acceptors (Lipinski definition) is 27. The molecule has 0 spiro atoms. The van der Waals surface area contributed by atoms with Crippen LogP contribution in [0.4, 0.5) is 36.2 Å². The number of amides is 8. The maximum atomic E-state index is 16.5. The van der Waals surface area contributed by atoms with Crippen molar-refractivity contribution < 1.29 is 94.0 Å². The second kappa shape index (κ2) is 29.8. The van der Waals surface area contributed by atoms with Crippen LogP contribution in [0.3, 0.4) is 0 Å². The lowest BCUT2D eigenvalue weighted by Crippen LogP contribution is -2.54. The molecule has 0 bridgehead atoms. The summed E-state index contributed by atoms with van der Waals surface area (Å²) in [6.45, 7) is -8.53. The van der Waals surface area contributed by atoms with Crippen LogP contribution >= 0.6 is 25.8 Å². The van der Waals surface area contributed by atoms with Gasteiger partial charge in [-0.3, -0.25) is 61.4 Å². The average molecular weight is 1380 g/mol. The number of carbonyl (C=O) groups excluding carboxylic acids is 8. The molecule has 3 saturated heterocycles. The van der Waals surface area contributed by atoms with Gasteiger partial charge in [0, 0.05) is 44.4 Å². The number of halogens is 1. The van der Waals surface area contributed by atoms with Crippen molar-refractivity contribution in [2.24, 2.45) is 11.7 Å². The first-order chi connectivity index (χ1) is 44.1. The Labute approximate surface area is 535 Å². The number of aromatic amines is 1. The normalized spacial score (nSPS) is 25.3. The summed E-state index contributed by atoms with van der Waals surface area (Å²) in [7, 11) is 1.33. The van der Waals surface area contributed by atoms with Crippen LogP contribution in [0.15, 0.2) is 60.2 Å². The minimum Gasteiger partial charge on any atom is -0.445 e. The van der Waals surface area contributed by atoms with Gasteiger partial charge in [-0.2, -0.15) is 4.98 Å². The molecule has 0 radical (unpaired) electrons. The molecule has 93 heavy (non-hydrogen) atoms. The van der Waals surface area contributed by atoms with Crippen molar-refractivity contribution in [3.63, 3.8) is 0 Å². The number of alkyl halides is 1. The van der Waals surface area contributed by atoms with E-state index in [0.717, 1.165) is 39.2 Å². The number of urea groups is 1. The third kappa shape index (κ3) is 17.1.